The average molecular weight is 142 g/mol. The zero-order valence-electron chi connectivity index (χ0n) is 5.02. The van der Waals surface area contributed by atoms with Crippen molar-refractivity contribution in [2.45, 2.75) is 6.92 Å². The second kappa shape index (κ2) is 2.28. The molecule has 0 fully saturated rings. The minimum absolute atomic E-state index is 0.00231. The highest BCUT2D eigenvalue weighted by molar-refractivity contribution is 6.30. The second-order valence-corrected chi connectivity index (χ2v) is 2.35. The van der Waals surface area contributed by atoms with Gasteiger partial charge < -0.3 is 0 Å². The predicted molar refractivity (Wildman–Crippen MR) is 36.3 cm³/mol. The number of aryl methyl sites for hydroxylation is 1. The highest BCUT2D eigenvalue weighted by Gasteiger charge is 1.95. The molecule has 47 valence electrons. The van der Waals surface area contributed by atoms with Crippen LogP contribution in [-0.2, 0) is 5.11 Å². The van der Waals surface area contributed by atoms with Crippen molar-refractivity contribution in [3.8, 4) is 5.75 Å². The van der Waals surface area contributed by atoms with Crippen molar-refractivity contribution in [1.82, 2.24) is 0 Å². The molecule has 2 heteroatoms. The Morgan fingerprint density at radius 3 is 2.56 bits per heavy atom. The van der Waals surface area contributed by atoms with Crippen molar-refractivity contribution >= 4 is 11.6 Å². The molecule has 1 nitrogen and oxygen atoms in total. The third kappa shape index (κ3) is 1.36. The normalized spacial score (nSPS) is 9.56. The lowest BCUT2D eigenvalue weighted by molar-refractivity contribution is 0.352. The fourth-order valence-corrected chi connectivity index (χ4v) is 0.736. The van der Waals surface area contributed by atoms with Crippen molar-refractivity contribution in [2.75, 3.05) is 0 Å². The van der Waals surface area contributed by atoms with Gasteiger partial charge in [-0.2, -0.15) is 0 Å². The quantitative estimate of drug-likeness (QED) is 0.530. The van der Waals surface area contributed by atoms with Crippen LogP contribution in [0.2, 0.25) is 5.02 Å². The molecule has 0 saturated heterocycles. The van der Waals surface area contributed by atoms with E-state index >= 15 is 0 Å². The molecule has 0 heterocycles. The first-order valence-electron chi connectivity index (χ1n) is 2.63. The van der Waals surface area contributed by atoms with Crippen LogP contribution in [0.1, 0.15) is 5.56 Å². The Bertz CT molecular complexity index is 220. The average Bonchev–Trinajstić information content (AvgIpc) is 1.80. The van der Waals surface area contributed by atoms with E-state index in [0.717, 1.165) is 5.56 Å². The van der Waals surface area contributed by atoms with Crippen molar-refractivity contribution in [3.63, 3.8) is 0 Å². The van der Waals surface area contributed by atoms with Crippen LogP contribution in [0.5, 0.6) is 5.75 Å². The van der Waals surface area contributed by atoms with Crippen LogP contribution < -0.4 is 0 Å². The number of halogens is 1. The third-order valence-corrected chi connectivity index (χ3v) is 1.39. The Hall–Kier alpha value is -0.690. The number of rotatable bonds is 0. The van der Waals surface area contributed by atoms with Crippen LogP contribution in [0, 0.1) is 6.92 Å². The van der Waals surface area contributed by atoms with Gasteiger partial charge in [0.05, 0.1) is 0 Å². The molecule has 0 aliphatic heterocycles. The number of hydrogen-bond donors (Lipinski definition) is 0. The van der Waals surface area contributed by atoms with E-state index in [1.807, 2.05) is 0 Å². The maximum absolute atomic E-state index is 10.8. The zero-order chi connectivity index (χ0) is 6.85. The summed E-state index contributed by atoms with van der Waals surface area (Å²) in [4.78, 5) is 0. The van der Waals surface area contributed by atoms with Gasteiger partial charge in [0.1, 0.15) is 0 Å². The molecule has 0 bridgehead atoms. The lowest BCUT2D eigenvalue weighted by Crippen LogP contribution is -1.70. The molecule has 1 rings (SSSR count). The van der Waals surface area contributed by atoms with Gasteiger partial charge >= 0.3 is 0 Å². The molecule has 1 aromatic carbocycles. The summed E-state index contributed by atoms with van der Waals surface area (Å²) in [6.45, 7) is 1.76. The summed E-state index contributed by atoms with van der Waals surface area (Å²) in [5.41, 5.74) is 0.736. The molecule has 0 unspecified atom stereocenters. The summed E-state index contributed by atoms with van der Waals surface area (Å²) in [5.74, 6) is 0.00231. The Morgan fingerprint density at radius 1 is 1.44 bits per heavy atom. The largest absolute Gasteiger partial charge is 0.290 e. The molecule has 9 heavy (non-hydrogen) atoms. The van der Waals surface area contributed by atoms with E-state index in [4.69, 9.17) is 11.6 Å². The molecule has 0 aliphatic carbocycles. The molecule has 0 spiro atoms. The van der Waals surface area contributed by atoms with Crippen molar-refractivity contribution < 1.29 is 5.11 Å². The van der Waals surface area contributed by atoms with Gasteiger partial charge in [-0.25, -0.2) is 0 Å². The fraction of sp³-hybridized carbons (Fsp3) is 0.143. The van der Waals surface area contributed by atoms with Crippen LogP contribution >= 0.6 is 11.6 Å². The molecule has 1 radical (unpaired) electrons. The smallest absolute Gasteiger partial charge is 0.183 e. The number of benzene rings is 1. The van der Waals surface area contributed by atoms with E-state index in [2.05, 4.69) is 0 Å². The second-order valence-electron chi connectivity index (χ2n) is 1.91. The van der Waals surface area contributed by atoms with Gasteiger partial charge in [0.15, 0.2) is 5.75 Å². The van der Waals surface area contributed by atoms with E-state index in [9.17, 15) is 5.11 Å². The van der Waals surface area contributed by atoms with Gasteiger partial charge in [-0.15, -0.1) is 0 Å². The van der Waals surface area contributed by atoms with Gasteiger partial charge in [-0.05, 0) is 18.6 Å². The van der Waals surface area contributed by atoms with E-state index in [1.165, 1.54) is 6.07 Å². The zero-order valence-corrected chi connectivity index (χ0v) is 5.77. The lowest BCUT2D eigenvalue weighted by Gasteiger charge is -1.92. The molecule has 0 N–H and O–H groups in total. The minimum atomic E-state index is 0.00231. The maximum Gasteiger partial charge on any atom is 0.183 e. The predicted octanol–water partition coefficient (Wildman–Crippen LogP) is 2.79. The Kier molecular flexibility index (Phi) is 1.63. The van der Waals surface area contributed by atoms with Gasteiger partial charge in [0, 0.05) is 11.1 Å². The molecule has 0 saturated carbocycles. The lowest BCUT2D eigenvalue weighted by atomic mass is 10.2. The number of hydrogen-bond acceptors (Lipinski definition) is 0. The van der Waals surface area contributed by atoms with Crippen LogP contribution in [0.3, 0.4) is 0 Å². The summed E-state index contributed by atoms with van der Waals surface area (Å²) < 4.78 is 0. The Balaban J connectivity index is 3.17. The third-order valence-electron chi connectivity index (χ3n) is 1.15. The van der Waals surface area contributed by atoms with Crippen LogP contribution in [0.4, 0.5) is 0 Å². The first-order valence-corrected chi connectivity index (χ1v) is 3.01. The molecule has 0 aliphatic rings. The first kappa shape index (κ1) is 6.43. The van der Waals surface area contributed by atoms with Gasteiger partial charge in [0.2, 0.25) is 0 Å². The van der Waals surface area contributed by atoms with E-state index in [-0.39, 0.29) is 5.75 Å². The summed E-state index contributed by atoms with van der Waals surface area (Å²) in [7, 11) is 0. The molecular weight excluding hydrogens is 136 g/mol. The van der Waals surface area contributed by atoms with Crippen LogP contribution in [0.15, 0.2) is 18.2 Å². The van der Waals surface area contributed by atoms with Crippen LogP contribution in [0.25, 0.3) is 0 Å². The molecule has 0 aromatic heterocycles. The SMILES string of the molecule is Cc1ccc(Cl)cc1[O]. The van der Waals surface area contributed by atoms with Gasteiger partial charge in [-0.1, -0.05) is 17.7 Å². The van der Waals surface area contributed by atoms with Gasteiger partial charge in [0.25, 0.3) is 0 Å². The highest BCUT2D eigenvalue weighted by atomic mass is 35.5. The van der Waals surface area contributed by atoms with E-state index in [1.54, 1.807) is 19.1 Å². The summed E-state index contributed by atoms with van der Waals surface area (Å²) >= 11 is 5.52. The fourth-order valence-electron chi connectivity index (χ4n) is 0.574. The summed E-state index contributed by atoms with van der Waals surface area (Å²) in [6.07, 6.45) is 0. The van der Waals surface area contributed by atoms with E-state index in [0.29, 0.717) is 5.02 Å². The summed E-state index contributed by atoms with van der Waals surface area (Å²) in [5, 5.41) is 11.3. The monoisotopic (exact) mass is 141 g/mol. The first-order chi connectivity index (χ1) is 4.20. The van der Waals surface area contributed by atoms with E-state index < -0.39 is 0 Å². The minimum Gasteiger partial charge on any atom is -0.290 e. The molecule has 0 atom stereocenters. The van der Waals surface area contributed by atoms with Gasteiger partial charge in [-0.3, -0.25) is 5.11 Å². The Morgan fingerprint density at radius 2 is 2.11 bits per heavy atom. The molecule has 0 amide bonds. The van der Waals surface area contributed by atoms with Crippen molar-refractivity contribution in [2.24, 2.45) is 0 Å². The standard InChI is InChI=1S/C7H6ClO/c1-5-2-3-6(8)4-7(5)9/h2-4H,1H3. The topological polar surface area (TPSA) is 19.9 Å². The van der Waals surface area contributed by atoms with Crippen molar-refractivity contribution in [1.29, 1.82) is 0 Å². The highest BCUT2D eigenvalue weighted by Crippen LogP contribution is 2.20. The molecular formula is C7H6ClO. The Labute approximate surface area is 58.9 Å². The van der Waals surface area contributed by atoms with Crippen molar-refractivity contribution in [3.05, 3.63) is 28.8 Å². The summed E-state index contributed by atoms with van der Waals surface area (Å²) in [6, 6.07) is 4.83. The maximum atomic E-state index is 10.8. The molecule has 1 aromatic rings. The van der Waals surface area contributed by atoms with Crippen LogP contribution in [-0.4, -0.2) is 0 Å².